The topological polar surface area (TPSA) is 78.5 Å². The second-order valence-electron chi connectivity index (χ2n) is 6.24. The molecule has 1 saturated heterocycles. The van der Waals surface area contributed by atoms with Crippen LogP contribution in [0.25, 0.3) is 0 Å². The summed E-state index contributed by atoms with van der Waals surface area (Å²) < 4.78 is 26.8. The number of benzene rings is 1. The molecule has 2 N–H and O–H groups in total. The highest BCUT2D eigenvalue weighted by Gasteiger charge is 2.31. The molecule has 6 nitrogen and oxygen atoms in total. The Morgan fingerprint density at radius 2 is 1.76 bits per heavy atom. The SMILES string of the molecule is CNCCCNC(=O)C1CCN(S(=O)(=O)c2ccc(C)cc2)CC1.Cl. The monoisotopic (exact) mass is 389 g/mol. The minimum atomic E-state index is -3.46. The van der Waals surface area contributed by atoms with Crippen molar-refractivity contribution in [2.45, 2.75) is 31.1 Å². The fraction of sp³-hybridized carbons (Fsp3) is 0.588. The average molecular weight is 390 g/mol. The minimum absolute atomic E-state index is 0. The zero-order chi connectivity index (χ0) is 17.6. The van der Waals surface area contributed by atoms with E-state index in [1.165, 1.54) is 4.31 Å². The summed E-state index contributed by atoms with van der Waals surface area (Å²) >= 11 is 0. The maximum Gasteiger partial charge on any atom is 0.243 e. The summed E-state index contributed by atoms with van der Waals surface area (Å²) in [5.74, 6) is -0.0532. The highest BCUT2D eigenvalue weighted by Crippen LogP contribution is 2.24. The van der Waals surface area contributed by atoms with Gasteiger partial charge in [0.25, 0.3) is 0 Å². The molecule has 0 unspecified atom stereocenters. The lowest BCUT2D eigenvalue weighted by Gasteiger charge is -2.30. The van der Waals surface area contributed by atoms with Crippen molar-refractivity contribution >= 4 is 28.3 Å². The van der Waals surface area contributed by atoms with Crippen molar-refractivity contribution < 1.29 is 13.2 Å². The maximum absolute atomic E-state index is 12.6. The molecule has 0 aliphatic carbocycles. The molecule has 0 bridgehead atoms. The third-order valence-electron chi connectivity index (χ3n) is 4.39. The number of nitrogens with zero attached hydrogens (tertiary/aromatic N) is 1. The quantitative estimate of drug-likeness (QED) is 0.693. The van der Waals surface area contributed by atoms with Crippen LogP contribution in [0.3, 0.4) is 0 Å². The van der Waals surface area contributed by atoms with Gasteiger partial charge in [-0.25, -0.2) is 8.42 Å². The summed E-state index contributed by atoms with van der Waals surface area (Å²) in [4.78, 5) is 12.4. The lowest BCUT2D eigenvalue weighted by molar-refractivity contribution is -0.126. The standard InChI is InChI=1S/C17H27N3O3S.ClH/c1-14-4-6-16(7-5-14)24(22,23)20-12-8-15(9-13-20)17(21)19-11-3-10-18-2;/h4-7,15,18H,3,8-13H2,1-2H3,(H,19,21);1H. The molecular formula is C17H28ClN3O3S. The molecule has 2 rings (SSSR count). The van der Waals surface area contributed by atoms with E-state index in [0.29, 0.717) is 37.4 Å². The van der Waals surface area contributed by atoms with Gasteiger partial charge in [-0.3, -0.25) is 4.79 Å². The molecule has 1 fully saturated rings. The summed E-state index contributed by atoms with van der Waals surface area (Å²) in [7, 11) is -1.58. The van der Waals surface area contributed by atoms with Crippen molar-refractivity contribution in [3.63, 3.8) is 0 Å². The predicted molar refractivity (Wildman–Crippen MR) is 101 cm³/mol. The van der Waals surface area contributed by atoms with Crippen molar-refractivity contribution in [2.75, 3.05) is 33.2 Å². The first kappa shape index (κ1) is 21.9. The van der Waals surface area contributed by atoms with Crippen LogP contribution in [0.5, 0.6) is 0 Å². The van der Waals surface area contributed by atoms with E-state index in [0.717, 1.165) is 18.5 Å². The van der Waals surface area contributed by atoms with Crippen LogP contribution in [-0.4, -0.2) is 51.9 Å². The van der Waals surface area contributed by atoms with Crippen molar-refractivity contribution in [3.8, 4) is 0 Å². The third-order valence-corrected chi connectivity index (χ3v) is 6.30. The van der Waals surface area contributed by atoms with Crippen LogP contribution in [-0.2, 0) is 14.8 Å². The van der Waals surface area contributed by atoms with Gasteiger partial charge < -0.3 is 10.6 Å². The van der Waals surface area contributed by atoms with Gasteiger partial charge in [-0.05, 0) is 51.9 Å². The zero-order valence-corrected chi connectivity index (χ0v) is 16.5. The van der Waals surface area contributed by atoms with E-state index in [-0.39, 0.29) is 24.2 Å². The van der Waals surface area contributed by atoms with E-state index < -0.39 is 10.0 Å². The Morgan fingerprint density at radius 3 is 2.32 bits per heavy atom. The average Bonchev–Trinajstić information content (AvgIpc) is 2.59. The first-order valence-electron chi connectivity index (χ1n) is 8.44. The number of hydrogen-bond donors (Lipinski definition) is 2. The number of amides is 1. The number of aryl methyl sites for hydroxylation is 1. The van der Waals surface area contributed by atoms with Crippen LogP contribution in [0.4, 0.5) is 0 Å². The normalized spacial score (nSPS) is 16.2. The molecule has 1 aliphatic heterocycles. The molecule has 0 saturated carbocycles. The Hall–Kier alpha value is -1.15. The van der Waals surface area contributed by atoms with Crippen LogP contribution in [0.1, 0.15) is 24.8 Å². The molecule has 1 aromatic carbocycles. The molecular weight excluding hydrogens is 362 g/mol. The molecule has 0 spiro atoms. The number of sulfonamides is 1. The number of halogens is 1. The van der Waals surface area contributed by atoms with Gasteiger partial charge in [0.05, 0.1) is 4.90 Å². The molecule has 25 heavy (non-hydrogen) atoms. The second-order valence-corrected chi connectivity index (χ2v) is 8.18. The Bertz CT molecular complexity index is 642. The molecule has 1 aromatic rings. The Labute approximate surface area is 156 Å². The van der Waals surface area contributed by atoms with Gasteiger partial charge in [-0.1, -0.05) is 17.7 Å². The van der Waals surface area contributed by atoms with E-state index in [1.807, 2.05) is 14.0 Å². The van der Waals surface area contributed by atoms with E-state index in [4.69, 9.17) is 0 Å². The fourth-order valence-electron chi connectivity index (χ4n) is 2.84. The number of piperidine rings is 1. The van der Waals surface area contributed by atoms with Gasteiger partial charge >= 0.3 is 0 Å². The van der Waals surface area contributed by atoms with Gasteiger partial charge in [0.1, 0.15) is 0 Å². The third kappa shape index (κ3) is 5.95. The van der Waals surface area contributed by atoms with Crippen molar-refractivity contribution in [1.29, 1.82) is 0 Å². The number of nitrogens with one attached hydrogen (secondary N) is 2. The van der Waals surface area contributed by atoms with Crippen LogP contribution < -0.4 is 10.6 Å². The fourth-order valence-corrected chi connectivity index (χ4v) is 4.31. The largest absolute Gasteiger partial charge is 0.356 e. The Balaban J connectivity index is 0.00000312. The van der Waals surface area contributed by atoms with E-state index >= 15 is 0 Å². The number of carbonyl (C=O) groups is 1. The van der Waals surface area contributed by atoms with Crippen LogP contribution >= 0.6 is 12.4 Å². The van der Waals surface area contributed by atoms with Crippen molar-refractivity contribution in [1.82, 2.24) is 14.9 Å². The number of rotatable bonds is 7. The summed E-state index contributed by atoms with van der Waals surface area (Å²) in [5, 5.41) is 5.97. The Kier molecular flexibility index (Phi) is 8.85. The minimum Gasteiger partial charge on any atom is -0.356 e. The smallest absolute Gasteiger partial charge is 0.243 e. The first-order valence-corrected chi connectivity index (χ1v) is 9.88. The molecule has 0 aromatic heterocycles. The zero-order valence-electron chi connectivity index (χ0n) is 14.8. The lowest BCUT2D eigenvalue weighted by Crippen LogP contribution is -2.43. The predicted octanol–water partition coefficient (Wildman–Crippen LogP) is 1.54. The van der Waals surface area contributed by atoms with Crippen molar-refractivity contribution in [3.05, 3.63) is 29.8 Å². The molecule has 1 heterocycles. The molecule has 1 aliphatic rings. The molecule has 8 heteroatoms. The maximum atomic E-state index is 12.6. The van der Waals surface area contributed by atoms with Crippen LogP contribution in [0.2, 0.25) is 0 Å². The van der Waals surface area contributed by atoms with Gasteiger partial charge in [-0.15, -0.1) is 12.4 Å². The van der Waals surface area contributed by atoms with E-state index in [2.05, 4.69) is 10.6 Å². The second kappa shape index (κ2) is 10.1. The molecule has 0 radical (unpaired) electrons. The summed E-state index contributed by atoms with van der Waals surface area (Å²) in [6, 6.07) is 6.90. The number of hydrogen-bond acceptors (Lipinski definition) is 4. The highest BCUT2D eigenvalue weighted by atomic mass is 35.5. The van der Waals surface area contributed by atoms with Gasteiger partial charge in [0.2, 0.25) is 15.9 Å². The van der Waals surface area contributed by atoms with E-state index in [9.17, 15) is 13.2 Å². The Morgan fingerprint density at radius 1 is 1.16 bits per heavy atom. The van der Waals surface area contributed by atoms with Gasteiger partial charge in [0.15, 0.2) is 0 Å². The highest BCUT2D eigenvalue weighted by molar-refractivity contribution is 7.89. The first-order chi connectivity index (χ1) is 11.4. The molecule has 0 atom stereocenters. The number of carbonyl (C=O) groups excluding carboxylic acids is 1. The summed E-state index contributed by atoms with van der Waals surface area (Å²) in [5.41, 5.74) is 1.03. The summed E-state index contributed by atoms with van der Waals surface area (Å²) in [6.07, 6.45) is 2.04. The van der Waals surface area contributed by atoms with Crippen LogP contribution in [0, 0.1) is 12.8 Å². The van der Waals surface area contributed by atoms with E-state index in [1.54, 1.807) is 24.3 Å². The summed E-state index contributed by atoms with van der Waals surface area (Å²) in [6.45, 7) is 4.24. The van der Waals surface area contributed by atoms with Gasteiger partial charge in [-0.2, -0.15) is 4.31 Å². The molecule has 142 valence electrons. The van der Waals surface area contributed by atoms with Gasteiger partial charge in [0, 0.05) is 25.6 Å². The lowest BCUT2D eigenvalue weighted by atomic mass is 9.97. The van der Waals surface area contributed by atoms with Crippen molar-refractivity contribution in [2.24, 2.45) is 5.92 Å². The molecule has 1 amide bonds. The van der Waals surface area contributed by atoms with Crippen LogP contribution in [0.15, 0.2) is 29.2 Å².